The predicted molar refractivity (Wildman–Crippen MR) is 64.7 cm³/mol. The van der Waals surface area contributed by atoms with Gasteiger partial charge in [0, 0.05) is 12.8 Å². The molecule has 18 heavy (non-hydrogen) atoms. The second-order valence-corrected chi connectivity index (χ2v) is 3.70. The summed E-state index contributed by atoms with van der Waals surface area (Å²) in [5.41, 5.74) is 0. The minimum atomic E-state index is -0.667. The fourth-order valence-corrected chi connectivity index (χ4v) is 1.27. The molecule has 0 spiro atoms. The largest absolute Gasteiger partial charge is 0.466 e. The number of nitrogens with one attached hydrogen (secondary N) is 1. The van der Waals surface area contributed by atoms with Crippen LogP contribution in [0.5, 0.6) is 0 Å². The Morgan fingerprint density at radius 1 is 1.06 bits per heavy atom. The monoisotopic (exact) mass is 259 g/mol. The molecule has 0 bridgehead atoms. The van der Waals surface area contributed by atoms with Crippen LogP contribution in [0.2, 0.25) is 0 Å². The maximum Gasteiger partial charge on any atom is 0.328 e. The maximum atomic E-state index is 11.4. The zero-order valence-corrected chi connectivity index (χ0v) is 11.2. The molecule has 0 fully saturated rings. The highest BCUT2D eigenvalue weighted by Gasteiger charge is 2.16. The summed E-state index contributed by atoms with van der Waals surface area (Å²) >= 11 is 0. The standard InChI is InChI=1S/C12H21NO5/c1-4-17-11(15)8-6-7-10(14)13-9(3)12(16)18-5-2/h9H,4-8H2,1-3H3,(H,13,14)/t9-/m0/s1. The lowest BCUT2D eigenvalue weighted by molar-refractivity contribution is -0.147. The smallest absolute Gasteiger partial charge is 0.328 e. The van der Waals surface area contributed by atoms with Crippen molar-refractivity contribution in [2.75, 3.05) is 13.2 Å². The second kappa shape index (κ2) is 9.44. The van der Waals surface area contributed by atoms with E-state index in [0.717, 1.165) is 0 Å². The molecule has 0 saturated carbocycles. The third kappa shape index (κ3) is 7.65. The molecule has 6 nitrogen and oxygen atoms in total. The van der Waals surface area contributed by atoms with E-state index in [-0.39, 0.29) is 31.3 Å². The first-order valence-corrected chi connectivity index (χ1v) is 6.12. The Kier molecular flexibility index (Phi) is 8.61. The van der Waals surface area contributed by atoms with E-state index in [1.54, 1.807) is 20.8 Å². The molecule has 0 aromatic carbocycles. The van der Waals surface area contributed by atoms with Crippen molar-refractivity contribution in [3.8, 4) is 0 Å². The fraction of sp³-hybridized carbons (Fsp3) is 0.750. The van der Waals surface area contributed by atoms with Gasteiger partial charge in [0.15, 0.2) is 0 Å². The van der Waals surface area contributed by atoms with Gasteiger partial charge in [-0.25, -0.2) is 4.79 Å². The van der Waals surface area contributed by atoms with Crippen LogP contribution in [-0.4, -0.2) is 37.1 Å². The molecule has 0 unspecified atom stereocenters. The van der Waals surface area contributed by atoms with Gasteiger partial charge in [0.05, 0.1) is 13.2 Å². The normalized spacial score (nSPS) is 11.5. The summed E-state index contributed by atoms with van der Waals surface area (Å²) < 4.78 is 9.48. The lowest BCUT2D eigenvalue weighted by atomic mass is 10.2. The van der Waals surface area contributed by atoms with Crippen LogP contribution in [0.3, 0.4) is 0 Å². The first-order chi connectivity index (χ1) is 8.51. The lowest BCUT2D eigenvalue weighted by Gasteiger charge is -2.12. The van der Waals surface area contributed by atoms with Gasteiger partial charge in [-0.05, 0) is 27.2 Å². The predicted octanol–water partition coefficient (Wildman–Crippen LogP) is 0.788. The summed E-state index contributed by atoms with van der Waals surface area (Å²) in [6.07, 6.45) is 0.790. The number of esters is 2. The first-order valence-electron chi connectivity index (χ1n) is 6.12. The van der Waals surface area contributed by atoms with Gasteiger partial charge in [-0.1, -0.05) is 0 Å². The minimum absolute atomic E-state index is 0.183. The summed E-state index contributed by atoms with van der Waals surface area (Å²) in [5.74, 6) is -1.06. The second-order valence-electron chi connectivity index (χ2n) is 3.70. The number of amides is 1. The molecule has 0 aliphatic carbocycles. The van der Waals surface area contributed by atoms with Gasteiger partial charge in [-0.3, -0.25) is 9.59 Å². The number of ether oxygens (including phenoxy) is 2. The maximum absolute atomic E-state index is 11.4. The number of hydrogen-bond acceptors (Lipinski definition) is 5. The van der Waals surface area contributed by atoms with E-state index < -0.39 is 12.0 Å². The van der Waals surface area contributed by atoms with Crippen molar-refractivity contribution in [3.63, 3.8) is 0 Å². The van der Waals surface area contributed by atoms with E-state index in [4.69, 9.17) is 9.47 Å². The average molecular weight is 259 g/mol. The molecule has 0 radical (unpaired) electrons. The SMILES string of the molecule is CCOC(=O)CCCC(=O)N[C@@H](C)C(=O)OCC. The lowest BCUT2D eigenvalue weighted by Crippen LogP contribution is -2.39. The van der Waals surface area contributed by atoms with Gasteiger partial charge in [0.2, 0.25) is 5.91 Å². The Morgan fingerprint density at radius 2 is 1.67 bits per heavy atom. The zero-order chi connectivity index (χ0) is 14.0. The molecule has 104 valence electrons. The molecule has 1 atom stereocenters. The molecular weight excluding hydrogens is 238 g/mol. The van der Waals surface area contributed by atoms with Crippen molar-refractivity contribution >= 4 is 17.8 Å². The van der Waals surface area contributed by atoms with Gasteiger partial charge < -0.3 is 14.8 Å². The van der Waals surface area contributed by atoms with E-state index in [9.17, 15) is 14.4 Å². The highest BCUT2D eigenvalue weighted by molar-refractivity contribution is 5.84. The van der Waals surface area contributed by atoms with Crippen molar-refractivity contribution in [2.45, 2.75) is 46.1 Å². The average Bonchev–Trinajstić information content (AvgIpc) is 2.29. The topological polar surface area (TPSA) is 81.7 Å². The fourth-order valence-electron chi connectivity index (χ4n) is 1.27. The summed E-state index contributed by atoms with van der Waals surface area (Å²) in [4.78, 5) is 33.7. The Balaban J connectivity index is 3.77. The molecule has 0 rings (SSSR count). The van der Waals surface area contributed by atoms with Crippen LogP contribution in [0.4, 0.5) is 0 Å². The van der Waals surface area contributed by atoms with Crippen molar-refractivity contribution in [3.05, 3.63) is 0 Å². The van der Waals surface area contributed by atoms with Crippen LogP contribution in [0, 0.1) is 0 Å². The van der Waals surface area contributed by atoms with Crippen LogP contribution in [0.1, 0.15) is 40.0 Å². The molecular formula is C12H21NO5. The Hall–Kier alpha value is -1.59. The quantitative estimate of drug-likeness (QED) is 0.652. The van der Waals surface area contributed by atoms with Crippen LogP contribution in [0.15, 0.2) is 0 Å². The van der Waals surface area contributed by atoms with Crippen LogP contribution >= 0.6 is 0 Å². The molecule has 6 heteroatoms. The van der Waals surface area contributed by atoms with E-state index >= 15 is 0 Å². The molecule has 0 aromatic heterocycles. The highest BCUT2D eigenvalue weighted by Crippen LogP contribution is 1.99. The third-order valence-corrected chi connectivity index (χ3v) is 2.11. The molecule has 0 heterocycles. The van der Waals surface area contributed by atoms with Crippen LogP contribution in [-0.2, 0) is 23.9 Å². The molecule has 1 amide bonds. The van der Waals surface area contributed by atoms with Crippen molar-refractivity contribution in [2.24, 2.45) is 0 Å². The molecule has 0 aliphatic rings. The molecule has 0 saturated heterocycles. The van der Waals surface area contributed by atoms with Gasteiger partial charge in [0.1, 0.15) is 6.04 Å². The first kappa shape index (κ1) is 16.4. The zero-order valence-electron chi connectivity index (χ0n) is 11.2. The third-order valence-electron chi connectivity index (χ3n) is 2.11. The molecule has 0 aromatic rings. The van der Waals surface area contributed by atoms with Crippen molar-refractivity contribution in [1.82, 2.24) is 5.32 Å². The number of carbonyl (C=O) groups is 3. The number of hydrogen-bond donors (Lipinski definition) is 1. The summed E-state index contributed by atoms with van der Waals surface area (Å²) in [5, 5.41) is 2.50. The van der Waals surface area contributed by atoms with Crippen LogP contribution in [0.25, 0.3) is 0 Å². The number of rotatable bonds is 8. The van der Waals surface area contributed by atoms with E-state index in [2.05, 4.69) is 5.32 Å². The van der Waals surface area contributed by atoms with Gasteiger partial charge >= 0.3 is 11.9 Å². The van der Waals surface area contributed by atoms with E-state index in [0.29, 0.717) is 13.0 Å². The summed E-state index contributed by atoms with van der Waals surface area (Å²) in [6.45, 7) is 5.60. The van der Waals surface area contributed by atoms with E-state index in [1.807, 2.05) is 0 Å². The van der Waals surface area contributed by atoms with Crippen LogP contribution < -0.4 is 5.32 Å². The Labute approximate surface area is 107 Å². The van der Waals surface area contributed by atoms with Gasteiger partial charge in [0.25, 0.3) is 0 Å². The number of carbonyl (C=O) groups excluding carboxylic acids is 3. The van der Waals surface area contributed by atoms with Gasteiger partial charge in [-0.15, -0.1) is 0 Å². The van der Waals surface area contributed by atoms with E-state index in [1.165, 1.54) is 0 Å². The Morgan fingerprint density at radius 3 is 2.22 bits per heavy atom. The summed E-state index contributed by atoms with van der Waals surface area (Å²) in [7, 11) is 0. The molecule has 0 aliphatic heterocycles. The highest BCUT2D eigenvalue weighted by atomic mass is 16.5. The molecule has 1 N–H and O–H groups in total. The minimum Gasteiger partial charge on any atom is -0.466 e. The van der Waals surface area contributed by atoms with Gasteiger partial charge in [-0.2, -0.15) is 0 Å². The summed E-state index contributed by atoms with van der Waals surface area (Å²) in [6, 6.07) is -0.667. The Bertz CT molecular complexity index is 290. The van der Waals surface area contributed by atoms with Crippen molar-refractivity contribution < 1.29 is 23.9 Å². The van der Waals surface area contributed by atoms with Crippen molar-refractivity contribution in [1.29, 1.82) is 0 Å².